The molecular formula is C15H21N3O. The van der Waals surface area contributed by atoms with Crippen LogP contribution in [0.1, 0.15) is 48.4 Å². The van der Waals surface area contributed by atoms with Crippen molar-refractivity contribution in [3.05, 3.63) is 35.3 Å². The highest BCUT2D eigenvalue weighted by Crippen LogP contribution is 2.14. The highest BCUT2D eigenvalue weighted by atomic mass is 16.1. The quantitative estimate of drug-likeness (QED) is 0.839. The van der Waals surface area contributed by atoms with Gasteiger partial charge in [0.15, 0.2) is 0 Å². The summed E-state index contributed by atoms with van der Waals surface area (Å²) in [6.45, 7) is 6.88. The molecule has 0 aromatic carbocycles. The van der Waals surface area contributed by atoms with Gasteiger partial charge in [0, 0.05) is 12.7 Å². The van der Waals surface area contributed by atoms with Gasteiger partial charge in [-0.2, -0.15) is 0 Å². The first-order valence-corrected chi connectivity index (χ1v) is 6.93. The Morgan fingerprint density at radius 3 is 2.84 bits per heavy atom. The number of hydrogen-bond donors (Lipinski definition) is 1. The van der Waals surface area contributed by atoms with E-state index < -0.39 is 0 Å². The molecule has 0 spiro atoms. The van der Waals surface area contributed by atoms with E-state index in [1.165, 1.54) is 0 Å². The van der Waals surface area contributed by atoms with Crippen LogP contribution >= 0.6 is 0 Å². The standard InChI is InChI=1S/C15H21N3O/c1-4-6-9-16-15(19)14-12(5-2)17-13-8-7-11(3)10-18(13)14/h7-8,10H,4-6,9H2,1-3H3,(H,16,19). The van der Waals surface area contributed by atoms with E-state index in [9.17, 15) is 4.79 Å². The monoisotopic (exact) mass is 259 g/mol. The van der Waals surface area contributed by atoms with Crippen LogP contribution in [0.3, 0.4) is 0 Å². The minimum absolute atomic E-state index is 0.0246. The summed E-state index contributed by atoms with van der Waals surface area (Å²) in [4.78, 5) is 16.8. The number of nitrogens with one attached hydrogen (secondary N) is 1. The lowest BCUT2D eigenvalue weighted by atomic mass is 10.2. The Morgan fingerprint density at radius 1 is 1.37 bits per heavy atom. The van der Waals surface area contributed by atoms with Gasteiger partial charge in [0.2, 0.25) is 0 Å². The van der Waals surface area contributed by atoms with E-state index >= 15 is 0 Å². The number of hydrogen-bond acceptors (Lipinski definition) is 2. The van der Waals surface area contributed by atoms with Crippen molar-refractivity contribution in [2.45, 2.75) is 40.0 Å². The van der Waals surface area contributed by atoms with Crippen molar-refractivity contribution in [3.63, 3.8) is 0 Å². The number of pyridine rings is 1. The Hall–Kier alpha value is -1.84. The number of aryl methyl sites for hydroxylation is 2. The fourth-order valence-electron chi connectivity index (χ4n) is 2.15. The molecule has 0 saturated heterocycles. The summed E-state index contributed by atoms with van der Waals surface area (Å²) in [6, 6.07) is 3.97. The van der Waals surface area contributed by atoms with E-state index in [1.807, 2.05) is 36.6 Å². The van der Waals surface area contributed by atoms with E-state index in [1.54, 1.807) is 0 Å². The summed E-state index contributed by atoms with van der Waals surface area (Å²) >= 11 is 0. The molecule has 4 nitrogen and oxygen atoms in total. The molecule has 19 heavy (non-hydrogen) atoms. The summed E-state index contributed by atoms with van der Waals surface area (Å²) in [7, 11) is 0. The van der Waals surface area contributed by atoms with Gasteiger partial charge in [0.25, 0.3) is 5.91 Å². The third kappa shape index (κ3) is 2.78. The number of imidazole rings is 1. The number of nitrogens with zero attached hydrogens (tertiary/aromatic N) is 2. The average molecular weight is 259 g/mol. The minimum Gasteiger partial charge on any atom is -0.351 e. The molecule has 0 aliphatic heterocycles. The second kappa shape index (κ2) is 5.87. The Labute approximate surface area is 113 Å². The molecule has 0 radical (unpaired) electrons. The predicted molar refractivity (Wildman–Crippen MR) is 76.5 cm³/mol. The first-order valence-electron chi connectivity index (χ1n) is 6.93. The van der Waals surface area contributed by atoms with Gasteiger partial charge in [-0.1, -0.05) is 26.3 Å². The summed E-state index contributed by atoms with van der Waals surface area (Å²) in [5.74, 6) is -0.0246. The van der Waals surface area contributed by atoms with Crippen LogP contribution in [0, 0.1) is 6.92 Å². The van der Waals surface area contributed by atoms with Gasteiger partial charge in [-0.05, 0) is 31.4 Å². The van der Waals surface area contributed by atoms with E-state index in [-0.39, 0.29) is 5.91 Å². The Bertz CT molecular complexity index is 586. The zero-order valence-electron chi connectivity index (χ0n) is 11.9. The molecule has 4 heteroatoms. The fourth-order valence-corrected chi connectivity index (χ4v) is 2.15. The van der Waals surface area contributed by atoms with Crippen molar-refractivity contribution >= 4 is 11.6 Å². The molecule has 0 fully saturated rings. The average Bonchev–Trinajstić information content (AvgIpc) is 2.76. The Morgan fingerprint density at radius 2 is 2.16 bits per heavy atom. The van der Waals surface area contributed by atoms with Crippen LogP contribution in [0.15, 0.2) is 18.3 Å². The number of amides is 1. The highest BCUT2D eigenvalue weighted by molar-refractivity contribution is 5.94. The van der Waals surface area contributed by atoms with Crippen LogP contribution in [-0.4, -0.2) is 21.8 Å². The Kier molecular flexibility index (Phi) is 4.20. The van der Waals surface area contributed by atoms with Crippen molar-refractivity contribution < 1.29 is 4.79 Å². The van der Waals surface area contributed by atoms with E-state index in [4.69, 9.17) is 0 Å². The van der Waals surface area contributed by atoms with Crippen LogP contribution in [0.25, 0.3) is 5.65 Å². The second-order valence-corrected chi connectivity index (χ2v) is 4.80. The lowest BCUT2D eigenvalue weighted by molar-refractivity contribution is 0.0946. The lowest BCUT2D eigenvalue weighted by Gasteiger charge is -2.06. The number of fused-ring (bicyclic) bond motifs is 1. The molecule has 0 bridgehead atoms. The van der Waals surface area contributed by atoms with Gasteiger partial charge < -0.3 is 5.32 Å². The highest BCUT2D eigenvalue weighted by Gasteiger charge is 2.17. The van der Waals surface area contributed by atoms with Gasteiger partial charge in [0.05, 0.1) is 5.69 Å². The van der Waals surface area contributed by atoms with Crippen molar-refractivity contribution in [1.29, 1.82) is 0 Å². The van der Waals surface area contributed by atoms with E-state index in [0.29, 0.717) is 5.69 Å². The smallest absolute Gasteiger partial charge is 0.270 e. The molecule has 2 heterocycles. The third-order valence-corrected chi connectivity index (χ3v) is 3.20. The van der Waals surface area contributed by atoms with Crippen LogP contribution in [-0.2, 0) is 6.42 Å². The number of rotatable bonds is 5. The number of carbonyl (C=O) groups excluding carboxylic acids is 1. The van der Waals surface area contributed by atoms with Gasteiger partial charge in [0.1, 0.15) is 11.3 Å². The molecule has 2 rings (SSSR count). The summed E-state index contributed by atoms with van der Waals surface area (Å²) in [5.41, 5.74) is 3.50. The predicted octanol–water partition coefficient (Wildman–Crippen LogP) is 2.74. The van der Waals surface area contributed by atoms with Crippen LogP contribution in [0.5, 0.6) is 0 Å². The van der Waals surface area contributed by atoms with Crippen LogP contribution in [0.2, 0.25) is 0 Å². The SMILES string of the molecule is CCCCNC(=O)c1c(CC)nc2ccc(C)cn12. The molecular weight excluding hydrogens is 238 g/mol. The first-order chi connectivity index (χ1) is 9.17. The van der Waals surface area contributed by atoms with E-state index in [2.05, 4.69) is 17.2 Å². The largest absolute Gasteiger partial charge is 0.351 e. The number of carbonyl (C=O) groups is 1. The van der Waals surface area contributed by atoms with Gasteiger partial charge in [-0.15, -0.1) is 0 Å². The van der Waals surface area contributed by atoms with Gasteiger partial charge in [-0.25, -0.2) is 4.98 Å². The van der Waals surface area contributed by atoms with Crippen molar-refractivity contribution in [2.24, 2.45) is 0 Å². The molecule has 0 unspecified atom stereocenters. The Balaban J connectivity index is 2.39. The maximum absolute atomic E-state index is 12.3. The first kappa shape index (κ1) is 13.6. The molecule has 0 saturated carbocycles. The lowest BCUT2D eigenvalue weighted by Crippen LogP contribution is -2.26. The molecule has 0 aliphatic rings. The normalized spacial score (nSPS) is 10.9. The number of aromatic nitrogens is 2. The maximum atomic E-state index is 12.3. The van der Waals surface area contributed by atoms with Gasteiger partial charge in [-0.3, -0.25) is 9.20 Å². The summed E-state index contributed by atoms with van der Waals surface area (Å²) < 4.78 is 1.90. The molecule has 102 valence electrons. The molecule has 0 atom stereocenters. The summed E-state index contributed by atoms with van der Waals surface area (Å²) in [5, 5.41) is 2.97. The molecule has 0 aliphatic carbocycles. The van der Waals surface area contributed by atoms with Crippen LogP contribution < -0.4 is 5.32 Å². The van der Waals surface area contributed by atoms with Crippen molar-refractivity contribution in [3.8, 4) is 0 Å². The van der Waals surface area contributed by atoms with Gasteiger partial charge >= 0.3 is 0 Å². The maximum Gasteiger partial charge on any atom is 0.270 e. The molecule has 2 aromatic heterocycles. The molecule has 1 N–H and O–H groups in total. The number of unbranched alkanes of at least 4 members (excludes halogenated alkanes) is 1. The van der Waals surface area contributed by atoms with Crippen molar-refractivity contribution in [2.75, 3.05) is 6.54 Å². The zero-order valence-corrected chi connectivity index (χ0v) is 11.9. The minimum atomic E-state index is -0.0246. The van der Waals surface area contributed by atoms with Crippen LogP contribution in [0.4, 0.5) is 0 Å². The second-order valence-electron chi connectivity index (χ2n) is 4.80. The molecule has 1 amide bonds. The topological polar surface area (TPSA) is 46.4 Å². The molecule has 2 aromatic rings. The zero-order chi connectivity index (χ0) is 13.8. The summed E-state index contributed by atoms with van der Waals surface area (Å²) in [6.07, 6.45) is 4.81. The van der Waals surface area contributed by atoms with Crippen molar-refractivity contribution in [1.82, 2.24) is 14.7 Å². The van der Waals surface area contributed by atoms with E-state index in [0.717, 1.165) is 42.7 Å². The third-order valence-electron chi connectivity index (χ3n) is 3.20. The fraction of sp³-hybridized carbons (Fsp3) is 0.467.